The van der Waals surface area contributed by atoms with Gasteiger partial charge in [-0.15, -0.1) is 0 Å². The van der Waals surface area contributed by atoms with E-state index in [0.717, 1.165) is 0 Å². The summed E-state index contributed by atoms with van der Waals surface area (Å²) >= 11 is 11.7. The molecular formula is C15H12Cl2N2O4. The molecule has 8 heteroatoms. The van der Waals surface area contributed by atoms with Crippen molar-refractivity contribution >= 4 is 40.5 Å². The number of non-ortho nitro benzene ring substituents is 1. The first-order valence-electron chi connectivity index (χ1n) is 6.47. The fourth-order valence-corrected chi connectivity index (χ4v) is 2.23. The summed E-state index contributed by atoms with van der Waals surface area (Å²) in [5.74, 6) is 0.0198. The molecule has 0 aliphatic heterocycles. The minimum absolute atomic E-state index is 0.0428. The lowest BCUT2D eigenvalue weighted by Crippen LogP contribution is -2.31. The molecular weight excluding hydrogens is 343 g/mol. The van der Waals surface area contributed by atoms with Gasteiger partial charge in [-0.2, -0.15) is 0 Å². The van der Waals surface area contributed by atoms with E-state index < -0.39 is 4.92 Å². The highest BCUT2D eigenvalue weighted by molar-refractivity contribution is 6.35. The summed E-state index contributed by atoms with van der Waals surface area (Å²) in [4.78, 5) is 23.6. The molecule has 0 saturated heterocycles. The highest BCUT2D eigenvalue weighted by Crippen LogP contribution is 2.27. The minimum atomic E-state index is -0.503. The van der Waals surface area contributed by atoms with Crippen LogP contribution in [0.1, 0.15) is 0 Å². The third-order valence-electron chi connectivity index (χ3n) is 3.07. The molecule has 0 N–H and O–H groups in total. The molecule has 0 fully saturated rings. The number of nitrogens with zero attached hydrogens (tertiary/aromatic N) is 2. The molecule has 6 nitrogen and oxygen atoms in total. The first kappa shape index (κ1) is 17.1. The third kappa shape index (κ3) is 4.34. The van der Waals surface area contributed by atoms with Gasteiger partial charge in [0.25, 0.3) is 11.6 Å². The minimum Gasteiger partial charge on any atom is -0.482 e. The maximum Gasteiger partial charge on any atom is 0.269 e. The molecule has 0 bridgehead atoms. The second kappa shape index (κ2) is 7.30. The van der Waals surface area contributed by atoms with Crippen LogP contribution in [0, 0.1) is 10.1 Å². The number of likely N-dealkylation sites (N-methyl/N-ethyl adjacent to an activating group) is 1. The van der Waals surface area contributed by atoms with Crippen molar-refractivity contribution in [2.45, 2.75) is 0 Å². The number of hydrogen-bond donors (Lipinski definition) is 0. The quantitative estimate of drug-likeness (QED) is 0.602. The van der Waals surface area contributed by atoms with Crippen LogP contribution in [0.3, 0.4) is 0 Å². The Labute approximate surface area is 142 Å². The molecule has 0 aliphatic rings. The predicted octanol–water partition coefficient (Wildman–Crippen LogP) is 3.94. The molecule has 1 amide bonds. The molecule has 0 aromatic heterocycles. The van der Waals surface area contributed by atoms with Gasteiger partial charge in [-0.05, 0) is 30.3 Å². The summed E-state index contributed by atoms with van der Waals surface area (Å²) in [5, 5.41) is 11.4. The van der Waals surface area contributed by atoms with Crippen LogP contribution in [-0.2, 0) is 4.79 Å². The molecule has 0 saturated carbocycles. The Balaban J connectivity index is 2.00. The van der Waals surface area contributed by atoms with Crippen molar-refractivity contribution in [3.05, 3.63) is 62.6 Å². The topological polar surface area (TPSA) is 72.7 Å². The van der Waals surface area contributed by atoms with Crippen molar-refractivity contribution in [1.82, 2.24) is 0 Å². The number of halogens is 2. The van der Waals surface area contributed by atoms with E-state index in [1.165, 1.54) is 35.2 Å². The molecule has 23 heavy (non-hydrogen) atoms. The predicted molar refractivity (Wildman–Crippen MR) is 88.5 cm³/mol. The Bertz CT molecular complexity index is 735. The van der Waals surface area contributed by atoms with Crippen molar-refractivity contribution in [2.75, 3.05) is 18.6 Å². The lowest BCUT2D eigenvalue weighted by molar-refractivity contribution is -0.384. The molecule has 2 aromatic rings. The van der Waals surface area contributed by atoms with E-state index in [9.17, 15) is 14.9 Å². The zero-order valence-corrected chi connectivity index (χ0v) is 13.5. The number of anilines is 1. The highest BCUT2D eigenvalue weighted by atomic mass is 35.5. The third-order valence-corrected chi connectivity index (χ3v) is 3.60. The van der Waals surface area contributed by atoms with Crippen molar-refractivity contribution in [2.24, 2.45) is 0 Å². The van der Waals surface area contributed by atoms with E-state index in [0.29, 0.717) is 21.5 Å². The monoisotopic (exact) mass is 354 g/mol. The lowest BCUT2D eigenvalue weighted by atomic mass is 10.2. The molecule has 0 aliphatic carbocycles. The van der Waals surface area contributed by atoms with E-state index in [1.54, 1.807) is 19.2 Å². The van der Waals surface area contributed by atoms with Gasteiger partial charge in [-0.3, -0.25) is 14.9 Å². The maximum absolute atomic E-state index is 12.1. The SMILES string of the molecule is CN(C(=O)COc1ccc(Cl)cc1Cl)c1ccc([N+](=O)[O-])cc1. The molecule has 120 valence electrons. The van der Waals surface area contributed by atoms with Crippen LogP contribution in [0.4, 0.5) is 11.4 Å². The summed E-state index contributed by atoms with van der Waals surface area (Å²) in [6, 6.07) is 10.3. The number of nitro benzene ring substituents is 1. The van der Waals surface area contributed by atoms with Gasteiger partial charge >= 0.3 is 0 Å². The zero-order valence-electron chi connectivity index (χ0n) is 12.0. The number of amides is 1. The first-order chi connectivity index (χ1) is 10.9. The maximum atomic E-state index is 12.1. The second-order valence-electron chi connectivity index (χ2n) is 4.59. The average molecular weight is 355 g/mol. The Hall–Kier alpha value is -2.31. The summed E-state index contributed by atoms with van der Waals surface area (Å²) in [6.45, 7) is -0.227. The summed E-state index contributed by atoms with van der Waals surface area (Å²) in [7, 11) is 1.55. The van der Waals surface area contributed by atoms with Gasteiger partial charge in [-0.25, -0.2) is 0 Å². The van der Waals surface area contributed by atoms with Crippen LogP contribution in [0.5, 0.6) is 5.75 Å². The van der Waals surface area contributed by atoms with Crippen LogP contribution < -0.4 is 9.64 Å². The van der Waals surface area contributed by atoms with Gasteiger partial charge in [0.15, 0.2) is 6.61 Å². The largest absolute Gasteiger partial charge is 0.482 e. The number of rotatable bonds is 5. The Morgan fingerprint density at radius 2 is 1.87 bits per heavy atom. The smallest absolute Gasteiger partial charge is 0.269 e. The fourth-order valence-electron chi connectivity index (χ4n) is 1.77. The van der Waals surface area contributed by atoms with Gasteiger partial charge in [0.1, 0.15) is 5.75 Å². The fraction of sp³-hybridized carbons (Fsp3) is 0.133. The van der Waals surface area contributed by atoms with Crippen molar-refractivity contribution in [3.63, 3.8) is 0 Å². The van der Waals surface area contributed by atoms with Gasteiger partial charge in [0, 0.05) is 29.9 Å². The van der Waals surface area contributed by atoms with Gasteiger partial charge in [0.05, 0.1) is 9.95 Å². The normalized spacial score (nSPS) is 10.2. The number of hydrogen-bond acceptors (Lipinski definition) is 4. The average Bonchev–Trinajstić information content (AvgIpc) is 2.53. The van der Waals surface area contributed by atoms with Crippen molar-refractivity contribution in [1.29, 1.82) is 0 Å². The lowest BCUT2D eigenvalue weighted by Gasteiger charge is -2.17. The van der Waals surface area contributed by atoms with Crippen LogP contribution in [0.2, 0.25) is 10.0 Å². The Morgan fingerprint density at radius 1 is 1.22 bits per heavy atom. The summed E-state index contributed by atoms with van der Waals surface area (Å²) < 4.78 is 5.37. The van der Waals surface area contributed by atoms with E-state index in [2.05, 4.69) is 0 Å². The van der Waals surface area contributed by atoms with Gasteiger partial charge in [0.2, 0.25) is 0 Å². The number of carbonyl (C=O) groups excluding carboxylic acids is 1. The van der Waals surface area contributed by atoms with Gasteiger partial charge in [-0.1, -0.05) is 23.2 Å². The van der Waals surface area contributed by atoms with E-state index in [1.807, 2.05) is 0 Å². The number of ether oxygens (including phenoxy) is 1. The summed E-state index contributed by atoms with van der Waals surface area (Å²) in [5.41, 5.74) is 0.477. The van der Waals surface area contributed by atoms with Crippen LogP contribution >= 0.6 is 23.2 Å². The zero-order chi connectivity index (χ0) is 17.0. The van der Waals surface area contributed by atoms with E-state index in [-0.39, 0.29) is 18.2 Å². The molecule has 0 atom stereocenters. The van der Waals surface area contributed by atoms with E-state index >= 15 is 0 Å². The second-order valence-corrected chi connectivity index (χ2v) is 5.43. The summed E-state index contributed by atoms with van der Waals surface area (Å²) in [6.07, 6.45) is 0. The molecule has 0 heterocycles. The van der Waals surface area contributed by atoms with Crippen molar-refractivity contribution in [3.8, 4) is 5.75 Å². The standard InChI is InChI=1S/C15H12Cl2N2O4/c1-18(11-3-5-12(6-4-11)19(21)22)15(20)9-23-14-7-2-10(16)8-13(14)17/h2-8H,9H2,1H3. The molecule has 2 rings (SSSR count). The molecule has 0 spiro atoms. The highest BCUT2D eigenvalue weighted by Gasteiger charge is 2.14. The molecule has 0 unspecified atom stereocenters. The number of carbonyl (C=O) groups is 1. The number of nitro groups is 1. The Kier molecular flexibility index (Phi) is 5.41. The van der Waals surface area contributed by atoms with Crippen LogP contribution in [0.25, 0.3) is 0 Å². The van der Waals surface area contributed by atoms with Crippen LogP contribution in [0.15, 0.2) is 42.5 Å². The van der Waals surface area contributed by atoms with Crippen molar-refractivity contribution < 1.29 is 14.5 Å². The first-order valence-corrected chi connectivity index (χ1v) is 7.23. The molecule has 2 aromatic carbocycles. The molecule has 0 radical (unpaired) electrons. The number of benzene rings is 2. The van der Waals surface area contributed by atoms with E-state index in [4.69, 9.17) is 27.9 Å². The van der Waals surface area contributed by atoms with Crippen LogP contribution in [-0.4, -0.2) is 24.5 Å². The van der Waals surface area contributed by atoms with Gasteiger partial charge < -0.3 is 9.64 Å². The Morgan fingerprint density at radius 3 is 2.43 bits per heavy atom.